The summed E-state index contributed by atoms with van der Waals surface area (Å²) in [7, 11) is 0. The molecule has 4 bridgehead atoms. The number of anilines is 2. The molecule has 4 saturated carbocycles. The topological polar surface area (TPSA) is 50.9 Å². The van der Waals surface area contributed by atoms with E-state index in [2.05, 4.69) is 17.2 Å². The smallest absolute Gasteiger partial charge is 0.0549 e. The van der Waals surface area contributed by atoms with Gasteiger partial charge in [-0.3, -0.25) is 4.98 Å². The fraction of sp³-hybridized carbons (Fsp3) is 0.706. The van der Waals surface area contributed by atoms with E-state index < -0.39 is 0 Å². The van der Waals surface area contributed by atoms with Crippen LogP contribution in [0.1, 0.15) is 45.4 Å². The minimum Gasteiger partial charge on any atom is -0.397 e. The van der Waals surface area contributed by atoms with E-state index in [1.807, 2.05) is 12.3 Å². The Labute approximate surface area is 121 Å². The maximum atomic E-state index is 5.84. The summed E-state index contributed by atoms with van der Waals surface area (Å²) in [5.74, 6) is 3.01. The quantitative estimate of drug-likeness (QED) is 0.881. The van der Waals surface area contributed by atoms with E-state index in [0.29, 0.717) is 11.5 Å². The fourth-order valence-electron chi connectivity index (χ4n) is 5.65. The lowest BCUT2D eigenvalue weighted by molar-refractivity contribution is -0.0602. The highest BCUT2D eigenvalue weighted by Gasteiger charge is 2.53. The summed E-state index contributed by atoms with van der Waals surface area (Å²) in [5.41, 5.74) is 8.19. The molecule has 4 fully saturated rings. The second kappa shape index (κ2) is 4.37. The molecule has 1 unspecified atom stereocenters. The van der Waals surface area contributed by atoms with Crippen LogP contribution < -0.4 is 11.1 Å². The molecule has 4 aliphatic rings. The van der Waals surface area contributed by atoms with Crippen LogP contribution >= 0.6 is 0 Å². The van der Waals surface area contributed by atoms with Crippen LogP contribution in [0.5, 0.6) is 0 Å². The third-order valence-corrected chi connectivity index (χ3v) is 6.15. The van der Waals surface area contributed by atoms with E-state index in [-0.39, 0.29) is 0 Å². The van der Waals surface area contributed by atoms with Gasteiger partial charge >= 0.3 is 0 Å². The number of hydrogen-bond donors (Lipinski definition) is 2. The van der Waals surface area contributed by atoms with E-state index >= 15 is 0 Å². The molecule has 0 aromatic carbocycles. The van der Waals surface area contributed by atoms with Crippen molar-refractivity contribution < 1.29 is 0 Å². The summed E-state index contributed by atoms with van der Waals surface area (Å²) < 4.78 is 0. The summed E-state index contributed by atoms with van der Waals surface area (Å²) in [4.78, 5) is 4.20. The maximum absolute atomic E-state index is 5.84. The van der Waals surface area contributed by atoms with Crippen molar-refractivity contribution in [3.05, 3.63) is 18.5 Å². The Morgan fingerprint density at radius 1 is 1.15 bits per heavy atom. The highest BCUT2D eigenvalue weighted by atomic mass is 15.0. The van der Waals surface area contributed by atoms with Crippen molar-refractivity contribution in [3.63, 3.8) is 0 Å². The normalized spacial score (nSPS) is 39.8. The first kappa shape index (κ1) is 12.5. The van der Waals surface area contributed by atoms with Gasteiger partial charge in [0.1, 0.15) is 0 Å². The predicted octanol–water partition coefficient (Wildman–Crippen LogP) is 3.68. The average molecular weight is 271 g/mol. The van der Waals surface area contributed by atoms with Crippen molar-refractivity contribution in [1.82, 2.24) is 4.98 Å². The van der Waals surface area contributed by atoms with Gasteiger partial charge in [-0.05, 0) is 74.7 Å². The van der Waals surface area contributed by atoms with Crippen molar-refractivity contribution >= 4 is 11.4 Å². The number of nitrogen functional groups attached to an aromatic ring is 1. The second-order valence-corrected chi connectivity index (χ2v) is 7.65. The van der Waals surface area contributed by atoms with Crippen LogP contribution in [0.2, 0.25) is 0 Å². The van der Waals surface area contributed by atoms with Crippen LogP contribution in [-0.2, 0) is 0 Å². The molecule has 3 heteroatoms. The predicted molar refractivity (Wildman–Crippen MR) is 82.3 cm³/mol. The minimum absolute atomic E-state index is 0.527. The first-order valence-electron chi connectivity index (χ1n) is 8.10. The molecule has 0 aliphatic heterocycles. The summed E-state index contributed by atoms with van der Waals surface area (Å²) in [6.45, 7) is 2.37. The molecule has 5 rings (SSSR count). The molecule has 1 aromatic heterocycles. The lowest BCUT2D eigenvalue weighted by Gasteiger charge is -2.59. The lowest BCUT2D eigenvalue weighted by atomic mass is 9.48. The number of nitrogens with one attached hydrogen (secondary N) is 1. The van der Waals surface area contributed by atoms with Gasteiger partial charge in [0.2, 0.25) is 0 Å². The summed E-state index contributed by atoms with van der Waals surface area (Å²) in [6.07, 6.45) is 12.4. The zero-order valence-electron chi connectivity index (χ0n) is 12.3. The van der Waals surface area contributed by atoms with Crippen molar-refractivity contribution in [1.29, 1.82) is 0 Å². The van der Waals surface area contributed by atoms with Crippen molar-refractivity contribution in [3.8, 4) is 0 Å². The van der Waals surface area contributed by atoms with Gasteiger partial charge in [0.05, 0.1) is 17.6 Å². The third-order valence-electron chi connectivity index (χ3n) is 6.15. The van der Waals surface area contributed by atoms with Gasteiger partial charge in [-0.1, -0.05) is 0 Å². The van der Waals surface area contributed by atoms with E-state index in [9.17, 15) is 0 Å². The third kappa shape index (κ3) is 1.99. The largest absolute Gasteiger partial charge is 0.397 e. The molecule has 3 N–H and O–H groups in total. The van der Waals surface area contributed by atoms with Gasteiger partial charge in [0.15, 0.2) is 0 Å². The molecular weight excluding hydrogens is 246 g/mol. The molecular formula is C17H25N3. The Kier molecular flexibility index (Phi) is 2.73. The maximum Gasteiger partial charge on any atom is 0.0549 e. The minimum atomic E-state index is 0.527. The van der Waals surface area contributed by atoms with Crippen LogP contribution in [-0.4, -0.2) is 11.0 Å². The van der Waals surface area contributed by atoms with Gasteiger partial charge in [0.25, 0.3) is 0 Å². The summed E-state index contributed by atoms with van der Waals surface area (Å²) >= 11 is 0. The van der Waals surface area contributed by atoms with Crippen LogP contribution in [0.3, 0.4) is 0 Å². The van der Waals surface area contributed by atoms with Crippen molar-refractivity contribution in [2.45, 2.75) is 51.5 Å². The summed E-state index contributed by atoms with van der Waals surface area (Å²) in [6, 6.07) is 2.53. The standard InChI is InChI=1S/C17H25N3/c1-11(20-16-5-15(18)9-19-10-16)17-6-12-2-13(7-17)4-14(3-12)8-17/h5,9-14,20H,2-4,6-8,18H2,1H3. The van der Waals surface area contributed by atoms with Gasteiger partial charge < -0.3 is 11.1 Å². The molecule has 1 aromatic rings. The fourth-order valence-corrected chi connectivity index (χ4v) is 5.65. The molecule has 1 atom stereocenters. The molecule has 4 aliphatic carbocycles. The Balaban J connectivity index is 1.54. The molecule has 1 heterocycles. The van der Waals surface area contributed by atoms with Gasteiger partial charge in [-0.25, -0.2) is 0 Å². The number of rotatable bonds is 3. The van der Waals surface area contributed by atoms with Gasteiger partial charge in [0, 0.05) is 12.2 Å². The second-order valence-electron chi connectivity index (χ2n) is 7.65. The molecule has 3 nitrogen and oxygen atoms in total. The van der Waals surface area contributed by atoms with E-state index in [0.717, 1.165) is 29.1 Å². The van der Waals surface area contributed by atoms with E-state index in [4.69, 9.17) is 5.73 Å². The molecule has 20 heavy (non-hydrogen) atoms. The van der Waals surface area contributed by atoms with Gasteiger partial charge in [-0.2, -0.15) is 0 Å². The van der Waals surface area contributed by atoms with Gasteiger partial charge in [-0.15, -0.1) is 0 Å². The van der Waals surface area contributed by atoms with Crippen LogP contribution in [0.25, 0.3) is 0 Å². The first-order valence-corrected chi connectivity index (χ1v) is 8.10. The SMILES string of the molecule is CC(Nc1cncc(N)c1)C12CC3CC(CC(C3)C1)C2. The van der Waals surface area contributed by atoms with Crippen molar-refractivity contribution in [2.24, 2.45) is 23.2 Å². The first-order chi connectivity index (χ1) is 9.63. The van der Waals surface area contributed by atoms with Crippen LogP contribution in [0.4, 0.5) is 11.4 Å². The Morgan fingerprint density at radius 2 is 1.75 bits per heavy atom. The number of pyridine rings is 1. The molecule has 0 amide bonds. The zero-order valence-corrected chi connectivity index (χ0v) is 12.3. The summed E-state index contributed by atoms with van der Waals surface area (Å²) in [5, 5.41) is 3.70. The Hall–Kier alpha value is -1.25. The number of hydrogen-bond acceptors (Lipinski definition) is 3. The monoisotopic (exact) mass is 271 g/mol. The van der Waals surface area contributed by atoms with Crippen LogP contribution in [0.15, 0.2) is 18.5 Å². The van der Waals surface area contributed by atoms with Crippen molar-refractivity contribution in [2.75, 3.05) is 11.1 Å². The number of aromatic nitrogens is 1. The Bertz CT molecular complexity index is 475. The van der Waals surface area contributed by atoms with Crippen LogP contribution in [0, 0.1) is 23.2 Å². The highest BCUT2D eigenvalue weighted by molar-refractivity contribution is 5.52. The average Bonchev–Trinajstić information content (AvgIpc) is 2.37. The highest BCUT2D eigenvalue weighted by Crippen LogP contribution is 2.61. The number of nitrogens with zero attached hydrogens (tertiary/aromatic N) is 1. The van der Waals surface area contributed by atoms with E-state index in [1.54, 1.807) is 6.20 Å². The molecule has 0 saturated heterocycles. The zero-order chi connectivity index (χ0) is 13.7. The molecule has 0 spiro atoms. The number of nitrogens with two attached hydrogens (primary N) is 1. The Morgan fingerprint density at radius 3 is 2.30 bits per heavy atom. The molecule has 0 radical (unpaired) electrons. The molecule has 108 valence electrons. The lowest BCUT2D eigenvalue weighted by Crippen LogP contribution is -2.52. The van der Waals surface area contributed by atoms with E-state index in [1.165, 1.54) is 38.5 Å².